The van der Waals surface area contributed by atoms with Crippen molar-refractivity contribution in [3.63, 3.8) is 0 Å². The van der Waals surface area contributed by atoms with Gasteiger partial charge in [-0.2, -0.15) is 0 Å². The zero-order valence-corrected chi connectivity index (χ0v) is 19.0. The van der Waals surface area contributed by atoms with Gasteiger partial charge in [0, 0.05) is 17.5 Å². The summed E-state index contributed by atoms with van der Waals surface area (Å²) in [6.07, 6.45) is -0.0249. The van der Waals surface area contributed by atoms with E-state index in [-0.39, 0.29) is 18.1 Å². The van der Waals surface area contributed by atoms with Crippen LogP contribution in [-0.4, -0.2) is 15.9 Å². The molecule has 0 unspecified atom stereocenters. The summed E-state index contributed by atoms with van der Waals surface area (Å²) in [7, 11) is 0. The number of aromatic nitrogens is 2. The highest BCUT2D eigenvalue weighted by Gasteiger charge is 2.28. The number of aryl methyl sites for hydroxylation is 2. The molecule has 0 saturated heterocycles. The van der Waals surface area contributed by atoms with Gasteiger partial charge in [0.25, 0.3) is 0 Å². The summed E-state index contributed by atoms with van der Waals surface area (Å²) in [4.78, 5) is 21.9. The van der Waals surface area contributed by atoms with Crippen LogP contribution in [0.2, 0.25) is 0 Å². The monoisotopic (exact) mass is 513 g/mol. The van der Waals surface area contributed by atoms with Crippen molar-refractivity contribution in [1.29, 1.82) is 0 Å². The van der Waals surface area contributed by atoms with Crippen LogP contribution in [0.25, 0.3) is 11.3 Å². The Morgan fingerprint density at radius 3 is 2.19 bits per heavy atom. The van der Waals surface area contributed by atoms with E-state index in [1.165, 1.54) is 12.1 Å². The molecule has 0 spiro atoms. The van der Waals surface area contributed by atoms with Crippen molar-refractivity contribution >= 4 is 11.7 Å². The van der Waals surface area contributed by atoms with Crippen LogP contribution < -0.4 is 5.32 Å². The molecule has 0 radical (unpaired) electrons. The smallest absolute Gasteiger partial charge is 0.230 e. The molecule has 1 N–H and O–H groups in total. The number of rotatable bonds is 5. The van der Waals surface area contributed by atoms with Crippen molar-refractivity contribution in [3.8, 4) is 11.3 Å². The Balaban J connectivity index is 1.52. The van der Waals surface area contributed by atoms with Crippen molar-refractivity contribution in [2.75, 3.05) is 5.32 Å². The highest BCUT2D eigenvalue weighted by molar-refractivity contribution is 5.92. The first-order chi connectivity index (χ1) is 17.7. The van der Waals surface area contributed by atoms with Gasteiger partial charge in [0.15, 0.2) is 29.1 Å². The normalized spacial score (nSPS) is 12.2. The van der Waals surface area contributed by atoms with Crippen LogP contribution in [-0.2, 0) is 30.5 Å². The van der Waals surface area contributed by atoms with Crippen molar-refractivity contribution in [2.45, 2.75) is 25.7 Å². The zero-order chi connectivity index (χ0) is 26.3. The predicted molar refractivity (Wildman–Crippen MR) is 123 cm³/mol. The number of anilines is 1. The highest BCUT2D eigenvalue weighted by atomic mass is 19.2. The van der Waals surface area contributed by atoms with Gasteiger partial charge >= 0.3 is 0 Å². The number of carbonyl (C=O) groups excluding carboxylic acids is 1. The van der Waals surface area contributed by atoms with Crippen LogP contribution in [0.15, 0.2) is 48.5 Å². The number of hydrogen-bond acceptors (Lipinski definition) is 3. The first-order valence-corrected chi connectivity index (χ1v) is 11.3. The van der Waals surface area contributed by atoms with E-state index in [4.69, 9.17) is 4.98 Å². The van der Waals surface area contributed by atoms with Gasteiger partial charge in [-0.1, -0.05) is 30.3 Å². The minimum absolute atomic E-state index is 0.00189. The van der Waals surface area contributed by atoms with Crippen molar-refractivity contribution in [3.05, 3.63) is 112 Å². The van der Waals surface area contributed by atoms with E-state index in [1.807, 2.05) is 18.2 Å². The molecule has 4 aromatic rings. The molecule has 3 aromatic carbocycles. The minimum Gasteiger partial charge on any atom is -0.309 e. The molecule has 10 heteroatoms. The van der Waals surface area contributed by atoms with Crippen LogP contribution in [0, 0.1) is 34.9 Å². The van der Waals surface area contributed by atoms with Gasteiger partial charge in [0.2, 0.25) is 11.7 Å². The molecule has 0 aliphatic heterocycles. The van der Waals surface area contributed by atoms with Gasteiger partial charge in [-0.15, -0.1) is 0 Å². The van der Waals surface area contributed by atoms with Crippen LogP contribution in [0.1, 0.15) is 28.1 Å². The Morgan fingerprint density at radius 1 is 0.811 bits per heavy atom. The molecule has 1 heterocycles. The average Bonchev–Trinajstić information content (AvgIpc) is 2.89. The minimum atomic E-state index is -2.30. The fraction of sp³-hybridized carbons (Fsp3) is 0.148. The lowest BCUT2D eigenvalue weighted by Gasteiger charge is -2.21. The van der Waals surface area contributed by atoms with Crippen LogP contribution in [0.3, 0.4) is 0 Å². The maximum absolute atomic E-state index is 14.1. The predicted octanol–water partition coefficient (Wildman–Crippen LogP) is 5.85. The molecule has 0 atom stereocenters. The molecule has 0 bridgehead atoms. The van der Waals surface area contributed by atoms with Gasteiger partial charge in [-0.25, -0.2) is 36.3 Å². The fourth-order valence-corrected chi connectivity index (χ4v) is 4.30. The summed E-state index contributed by atoms with van der Waals surface area (Å²) < 4.78 is 82.5. The van der Waals surface area contributed by atoms with E-state index in [1.54, 1.807) is 18.2 Å². The number of nitrogens with zero attached hydrogens (tertiary/aromatic N) is 2. The Kier molecular flexibility index (Phi) is 6.41. The zero-order valence-electron chi connectivity index (χ0n) is 19.0. The molecule has 5 rings (SSSR count). The number of halogens is 6. The number of nitrogens with one attached hydrogen (secondary N) is 1. The molecular weight excluding hydrogens is 496 g/mol. The van der Waals surface area contributed by atoms with E-state index in [9.17, 15) is 31.1 Å². The second kappa shape index (κ2) is 9.68. The van der Waals surface area contributed by atoms with E-state index in [2.05, 4.69) is 10.3 Å². The average molecular weight is 513 g/mol. The fourth-order valence-electron chi connectivity index (χ4n) is 4.30. The number of fused-ring (bicyclic) bond motifs is 3. The summed E-state index contributed by atoms with van der Waals surface area (Å²) in [5.41, 5.74) is 2.38. The van der Waals surface area contributed by atoms with E-state index >= 15 is 0 Å². The van der Waals surface area contributed by atoms with Gasteiger partial charge in [0.05, 0.1) is 23.5 Å². The van der Waals surface area contributed by atoms with E-state index in [0.29, 0.717) is 35.5 Å². The number of amides is 1. The van der Waals surface area contributed by atoms with Gasteiger partial charge < -0.3 is 5.32 Å². The summed E-state index contributed by atoms with van der Waals surface area (Å²) >= 11 is 0. The SMILES string of the molecule is O=C(Cc1c(F)c(F)c(F)c(F)c1F)Nc1nc2c(nc1Cc1ccccc1)-c1ccc(F)cc1CC2. The molecule has 1 aliphatic carbocycles. The third kappa shape index (κ3) is 4.66. The number of carbonyl (C=O) groups is 1. The first kappa shape index (κ1) is 24.5. The van der Waals surface area contributed by atoms with Crippen molar-refractivity contribution in [1.82, 2.24) is 9.97 Å². The molecule has 1 aliphatic rings. The molecule has 0 fully saturated rings. The molecule has 0 saturated carbocycles. The molecule has 1 amide bonds. The van der Waals surface area contributed by atoms with Crippen LogP contribution in [0.5, 0.6) is 0 Å². The topological polar surface area (TPSA) is 54.9 Å². The van der Waals surface area contributed by atoms with Crippen LogP contribution in [0.4, 0.5) is 32.2 Å². The van der Waals surface area contributed by atoms with Crippen LogP contribution >= 0.6 is 0 Å². The lowest BCUT2D eigenvalue weighted by atomic mass is 9.91. The van der Waals surface area contributed by atoms with Gasteiger partial charge in [0.1, 0.15) is 5.82 Å². The third-order valence-corrected chi connectivity index (χ3v) is 6.10. The first-order valence-electron chi connectivity index (χ1n) is 11.3. The maximum Gasteiger partial charge on any atom is 0.230 e. The van der Waals surface area contributed by atoms with Gasteiger partial charge in [-0.05, 0) is 42.2 Å². The third-order valence-electron chi connectivity index (χ3n) is 6.10. The van der Waals surface area contributed by atoms with E-state index < -0.39 is 47.0 Å². The lowest BCUT2D eigenvalue weighted by molar-refractivity contribution is -0.115. The quantitative estimate of drug-likeness (QED) is 0.207. The number of benzene rings is 3. The molecule has 188 valence electrons. The summed E-state index contributed by atoms with van der Waals surface area (Å²) in [6.45, 7) is 0. The Morgan fingerprint density at radius 2 is 1.49 bits per heavy atom. The second-order valence-electron chi connectivity index (χ2n) is 8.55. The summed E-state index contributed by atoms with van der Waals surface area (Å²) in [5, 5.41) is 2.43. The lowest BCUT2D eigenvalue weighted by Crippen LogP contribution is -2.21. The molecule has 4 nitrogen and oxygen atoms in total. The summed E-state index contributed by atoms with van der Waals surface area (Å²) in [6, 6.07) is 13.4. The maximum atomic E-state index is 14.1. The van der Waals surface area contributed by atoms with Crippen molar-refractivity contribution in [2.24, 2.45) is 0 Å². The van der Waals surface area contributed by atoms with Crippen molar-refractivity contribution < 1.29 is 31.1 Å². The Bertz CT molecular complexity index is 1510. The molecule has 37 heavy (non-hydrogen) atoms. The molecular formula is C27H17F6N3O. The van der Waals surface area contributed by atoms with E-state index in [0.717, 1.165) is 11.1 Å². The van der Waals surface area contributed by atoms with Gasteiger partial charge in [-0.3, -0.25) is 4.79 Å². The Hall–Kier alpha value is -4.21. The molecule has 1 aromatic heterocycles. The largest absolute Gasteiger partial charge is 0.309 e. The highest BCUT2D eigenvalue weighted by Crippen LogP contribution is 2.34. The summed E-state index contributed by atoms with van der Waals surface area (Å²) in [5.74, 6) is -12.1. The second-order valence-corrected chi connectivity index (χ2v) is 8.55. The number of hydrogen-bond donors (Lipinski definition) is 1. The standard InChI is InChI=1S/C27H17F6N3O/c28-15-7-8-16-14(11-15)6-9-18-26(16)34-19(10-13-4-2-1-3-5-13)27(35-18)36-20(37)12-17-21(29)23(31)25(33)24(32)22(17)30/h1-5,7-8,11H,6,9-10,12H2,(H,35,36,37). The Labute approximate surface area is 207 Å².